The van der Waals surface area contributed by atoms with Crippen LogP contribution in [0.25, 0.3) is 0 Å². The lowest BCUT2D eigenvalue weighted by Crippen LogP contribution is -2.53. The van der Waals surface area contributed by atoms with Crippen LogP contribution in [0.15, 0.2) is 48.5 Å². The minimum absolute atomic E-state index is 0.401. The molecule has 0 bridgehead atoms. The van der Waals surface area contributed by atoms with Crippen LogP contribution in [0, 0.1) is 11.8 Å². The largest absolute Gasteiger partial charge is 0.383 e. The molecule has 2 amide bonds. The molecule has 0 aliphatic carbocycles. The van der Waals surface area contributed by atoms with Crippen LogP contribution in [-0.2, 0) is 16.1 Å². The second-order valence-electron chi connectivity index (χ2n) is 6.91. The van der Waals surface area contributed by atoms with Gasteiger partial charge in [-0.15, -0.1) is 0 Å². The lowest BCUT2D eigenvalue weighted by atomic mass is 10.1. The molecule has 0 aliphatic heterocycles. The number of hydrogen-bond acceptors (Lipinski definition) is 5. The molecule has 0 spiro atoms. The molecule has 7 nitrogen and oxygen atoms in total. The number of hydrogen-bond donors (Lipinski definition) is 4. The zero-order valence-electron chi connectivity index (χ0n) is 17.3. The zero-order chi connectivity index (χ0) is 21.9. The van der Waals surface area contributed by atoms with Gasteiger partial charge < -0.3 is 26.8 Å². The lowest BCUT2D eigenvalue weighted by molar-refractivity contribution is -0.120. The maximum Gasteiger partial charge on any atom is 0.251 e. The van der Waals surface area contributed by atoms with Crippen LogP contribution >= 0.6 is 0 Å². The molecule has 0 saturated carbocycles. The molecular formula is C23H28N4O3. The predicted molar refractivity (Wildman–Crippen MR) is 117 cm³/mol. The molecule has 30 heavy (non-hydrogen) atoms. The van der Waals surface area contributed by atoms with Crippen molar-refractivity contribution in [3.05, 3.63) is 70.8 Å². The fraction of sp³-hybridized carbons (Fsp3) is 0.304. The average molecular weight is 409 g/mol. The Morgan fingerprint density at radius 3 is 2.10 bits per heavy atom. The van der Waals surface area contributed by atoms with Gasteiger partial charge >= 0.3 is 0 Å². The zero-order valence-corrected chi connectivity index (χ0v) is 17.3. The van der Waals surface area contributed by atoms with E-state index in [-0.39, 0.29) is 0 Å². The highest BCUT2D eigenvalue weighted by atomic mass is 16.5. The van der Waals surface area contributed by atoms with Gasteiger partial charge in [-0.05, 0) is 48.9 Å². The van der Waals surface area contributed by atoms with Gasteiger partial charge in [0.1, 0.15) is 6.04 Å². The Kier molecular flexibility index (Phi) is 9.03. The number of methoxy groups -OCH3 is 1. The molecule has 0 radical (unpaired) electrons. The summed E-state index contributed by atoms with van der Waals surface area (Å²) in [5.74, 6) is 5.10. The summed E-state index contributed by atoms with van der Waals surface area (Å²) < 4.78 is 5.00. The number of rotatable bonds is 9. The van der Waals surface area contributed by atoms with E-state index in [0.717, 1.165) is 24.2 Å². The summed E-state index contributed by atoms with van der Waals surface area (Å²) in [7, 11) is 1.68. The van der Waals surface area contributed by atoms with E-state index < -0.39 is 23.9 Å². The molecule has 0 heterocycles. The minimum atomic E-state index is -0.921. The van der Waals surface area contributed by atoms with Gasteiger partial charge in [0.05, 0.1) is 6.61 Å². The fourth-order valence-corrected chi connectivity index (χ4v) is 2.65. The summed E-state index contributed by atoms with van der Waals surface area (Å²) in [5.41, 5.74) is 14.2. The first-order chi connectivity index (χ1) is 14.4. The van der Waals surface area contributed by atoms with E-state index in [0.29, 0.717) is 12.2 Å². The number of nitrogens with one attached hydrogen (secondary N) is 2. The van der Waals surface area contributed by atoms with Crippen LogP contribution in [0.4, 0.5) is 0 Å². The van der Waals surface area contributed by atoms with Crippen molar-refractivity contribution < 1.29 is 14.3 Å². The van der Waals surface area contributed by atoms with Crippen LogP contribution in [0.5, 0.6) is 0 Å². The predicted octanol–water partition coefficient (Wildman–Crippen LogP) is 0.753. The minimum Gasteiger partial charge on any atom is -0.383 e. The molecule has 2 unspecified atom stereocenters. The quantitative estimate of drug-likeness (QED) is 0.361. The van der Waals surface area contributed by atoms with Crippen LogP contribution in [0.1, 0.15) is 34.0 Å². The summed E-state index contributed by atoms with van der Waals surface area (Å²) in [6.45, 7) is 3.88. The van der Waals surface area contributed by atoms with Crippen LogP contribution in [-0.4, -0.2) is 44.2 Å². The van der Waals surface area contributed by atoms with Gasteiger partial charge in [0.2, 0.25) is 5.91 Å². The van der Waals surface area contributed by atoms with Crippen molar-refractivity contribution in [3.63, 3.8) is 0 Å². The summed E-state index contributed by atoms with van der Waals surface area (Å²) in [6, 6.07) is 13.3. The van der Waals surface area contributed by atoms with E-state index in [2.05, 4.69) is 22.5 Å². The van der Waals surface area contributed by atoms with Crippen LogP contribution < -0.4 is 22.1 Å². The van der Waals surface area contributed by atoms with E-state index in [1.54, 1.807) is 38.3 Å². The molecule has 2 rings (SSSR count). The van der Waals surface area contributed by atoms with Crippen molar-refractivity contribution in [2.75, 3.05) is 20.3 Å². The van der Waals surface area contributed by atoms with Crippen LogP contribution in [0.2, 0.25) is 0 Å². The molecule has 0 saturated heterocycles. The van der Waals surface area contributed by atoms with E-state index in [4.69, 9.17) is 16.2 Å². The monoisotopic (exact) mass is 408 g/mol. The maximum atomic E-state index is 12.3. The third-order valence-electron chi connectivity index (χ3n) is 4.38. The van der Waals surface area contributed by atoms with Crippen molar-refractivity contribution in [1.29, 1.82) is 0 Å². The Labute approximate surface area is 177 Å². The van der Waals surface area contributed by atoms with E-state index in [1.165, 1.54) is 5.56 Å². The Morgan fingerprint density at radius 2 is 1.60 bits per heavy atom. The smallest absolute Gasteiger partial charge is 0.251 e. The van der Waals surface area contributed by atoms with Gasteiger partial charge in [0.25, 0.3) is 5.91 Å². The number of primary amides is 1. The highest BCUT2D eigenvalue weighted by Crippen LogP contribution is 2.06. The number of ether oxygens (including phenoxy) is 1. The standard InChI is InChI=1S/C23H28N4O3/c1-16(24)21(22(25)28)27-23(29)20-11-9-18(10-12-20)4-3-17-5-7-19(8-6-17)15-26-13-14-30-2/h5-12,16,21,26H,13-15,24H2,1-2H3,(H2,25,28)(H,27,29). The van der Waals surface area contributed by atoms with Crippen molar-refractivity contribution in [2.45, 2.75) is 25.6 Å². The van der Waals surface area contributed by atoms with Gasteiger partial charge in [-0.3, -0.25) is 9.59 Å². The maximum absolute atomic E-state index is 12.3. The van der Waals surface area contributed by atoms with Gasteiger partial charge in [-0.1, -0.05) is 24.0 Å². The van der Waals surface area contributed by atoms with Crippen LogP contribution in [0.3, 0.4) is 0 Å². The number of nitrogens with two attached hydrogens (primary N) is 2. The van der Waals surface area contributed by atoms with Gasteiger partial charge in [0, 0.05) is 42.9 Å². The number of carbonyl (C=O) groups is 2. The highest BCUT2D eigenvalue weighted by molar-refractivity contribution is 5.97. The summed E-state index contributed by atoms with van der Waals surface area (Å²) >= 11 is 0. The average Bonchev–Trinajstić information content (AvgIpc) is 2.74. The van der Waals surface area contributed by atoms with Gasteiger partial charge in [-0.25, -0.2) is 0 Å². The van der Waals surface area contributed by atoms with E-state index in [1.807, 2.05) is 24.3 Å². The second-order valence-corrected chi connectivity index (χ2v) is 6.91. The second kappa shape index (κ2) is 11.7. The van der Waals surface area contributed by atoms with E-state index in [9.17, 15) is 9.59 Å². The molecule has 0 fully saturated rings. The molecule has 2 aromatic rings. The van der Waals surface area contributed by atoms with Crippen molar-refractivity contribution in [3.8, 4) is 11.8 Å². The normalized spacial score (nSPS) is 12.4. The number of benzene rings is 2. The summed E-state index contributed by atoms with van der Waals surface area (Å²) in [5, 5.41) is 5.84. The highest BCUT2D eigenvalue weighted by Gasteiger charge is 2.22. The Bertz CT molecular complexity index is 897. The Hall–Kier alpha value is -3.18. The van der Waals surface area contributed by atoms with Gasteiger partial charge in [-0.2, -0.15) is 0 Å². The topological polar surface area (TPSA) is 119 Å². The third-order valence-corrected chi connectivity index (χ3v) is 4.38. The Balaban J connectivity index is 1.95. The lowest BCUT2D eigenvalue weighted by Gasteiger charge is -2.18. The SMILES string of the molecule is COCCNCc1ccc(C#Cc2ccc(C(=O)NC(C(N)=O)C(C)N)cc2)cc1. The first kappa shape index (κ1) is 23.1. The molecule has 0 aliphatic rings. The van der Waals surface area contributed by atoms with Crippen molar-refractivity contribution in [2.24, 2.45) is 11.5 Å². The van der Waals surface area contributed by atoms with Crippen molar-refractivity contribution in [1.82, 2.24) is 10.6 Å². The first-order valence-electron chi connectivity index (χ1n) is 9.67. The molecule has 6 N–H and O–H groups in total. The van der Waals surface area contributed by atoms with Gasteiger partial charge in [0.15, 0.2) is 0 Å². The van der Waals surface area contributed by atoms with Crippen molar-refractivity contribution >= 4 is 11.8 Å². The molecule has 7 heteroatoms. The molecular weight excluding hydrogens is 380 g/mol. The third kappa shape index (κ3) is 7.33. The number of carbonyl (C=O) groups excluding carboxylic acids is 2. The first-order valence-corrected chi connectivity index (χ1v) is 9.67. The Morgan fingerprint density at radius 1 is 1.03 bits per heavy atom. The molecule has 2 atom stereocenters. The molecule has 2 aromatic carbocycles. The molecule has 158 valence electrons. The number of amides is 2. The van der Waals surface area contributed by atoms with E-state index >= 15 is 0 Å². The summed E-state index contributed by atoms with van der Waals surface area (Å²) in [4.78, 5) is 23.7. The summed E-state index contributed by atoms with van der Waals surface area (Å²) in [6.07, 6.45) is 0. The fourth-order valence-electron chi connectivity index (χ4n) is 2.65. The molecule has 0 aromatic heterocycles.